The van der Waals surface area contributed by atoms with Gasteiger partial charge in [0.1, 0.15) is 12.1 Å². The van der Waals surface area contributed by atoms with Gasteiger partial charge in [-0.2, -0.15) is 0 Å². The van der Waals surface area contributed by atoms with Crippen molar-refractivity contribution in [2.75, 3.05) is 19.8 Å². The number of nitrogens with zero attached hydrogens (tertiary/aromatic N) is 1. The zero-order valence-electron chi connectivity index (χ0n) is 11.3. The van der Waals surface area contributed by atoms with Crippen LogP contribution in [0.5, 0.6) is 0 Å². The summed E-state index contributed by atoms with van der Waals surface area (Å²) in [7, 11) is 0. The summed E-state index contributed by atoms with van der Waals surface area (Å²) in [5, 5.41) is 0. The molecule has 1 aliphatic heterocycles. The van der Waals surface area contributed by atoms with Crippen LogP contribution in [0.4, 0.5) is 0 Å². The minimum Gasteiger partial charge on any atom is -0.459 e. The standard InChI is InChI=1S/C13H23NO3/c1-5-13(9-16-10-13)6-7-14-8-11(15)17-12(2,3)4/h7H,5-6,8-10H2,1-4H3. The fourth-order valence-corrected chi connectivity index (χ4v) is 1.63. The number of aliphatic imine (C=N–C) groups is 1. The molecule has 0 aromatic carbocycles. The second-order valence-corrected chi connectivity index (χ2v) is 5.66. The summed E-state index contributed by atoms with van der Waals surface area (Å²) >= 11 is 0. The maximum Gasteiger partial charge on any atom is 0.328 e. The lowest BCUT2D eigenvalue weighted by atomic mass is 9.80. The molecule has 4 heteroatoms. The summed E-state index contributed by atoms with van der Waals surface area (Å²) in [4.78, 5) is 15.5. The van der Waals surface area contributed by atoms with Gasteiger partial charge in [-0.1, -0.05) is 6.92 Å². The summed E-state index contributed by atoms with van der Waals surface area (Å²) in [6.07, 6.45) is 3.80. The van der Waals surface area contributed by atoms with Gasteiger partial charge in [0.05, 0.1) is 13.2 Å². The average molecular weight is 241 g/mol. The SMILES string of the molecule is CCC1(CC=NCC(=O)OC(C)(C)C)COC1. The van der Waals surface area contributed by atoms with Gasteiger partial charge < -0.3 is 9.47 Å². The topological polar surface area (TPSA) is 47.9 Å². The highest BCUT2D eigenvalue weighted by molar-refractivity contribution is 5.74. The van der Waals surface area contributed by atoms with Crippen molar-refractivity contribution in [3.8, 4) is 0 Å². The summed E-state index contributed by atoms with van der Waals surface area (Å²) in [6, 6.07) is 0. The van der Waals surface area contributed by atoms with Crippen LogP contribution in [0.1, 0.15) is 40.5 Å². The first kappa shape index (κ1) is 14.2. The van der Waals surface area contributed by atoms with Gasteiger partial charge in [-0.05, 0) is 33.6 Å². The third-order valence-corrected chi connectivity index (χ3v) is 2.86. The highest BCUT2D eigenvalue weighted by atomic mass is 16.6. The second-order valence-electron chi connectivity index (χ2n) is 5.66. The maximum atomic E-state index is 11.4. The quantitative estimate of drug-likeness (QED) is 0.547. The molecule has 98 valence electrons. The zero-order chi connectivity index (χ0) is 12.9. The number of hydrogen-bond donors (Lipinski definition) is 0. The minimum absolute atomic E-state index is 0.109. The second kappa shape index (κ2) is 5.63. The van der Waals surface area contributed by atoms with E-state index in [2.05, 4.69) is 11.9 Å². The Morgan fingerprint density at radius 1 is 1.47 bits per heavy atom. The van der Waals surface area contributed by atoms with Crippen LogP contribution in [0.3, 0.4) is 0 Å². The monoisotopic (exact) mass is 241 g/mol. The summed E-state index contributed by atoms with van der Waals surface area (Å²) in [6.45, 7) is 9.44. The number of esters is 1. The maximum absolute atomic E-state index is 11.4. The molecule has 0 aromatic heterocycles. The average Bonchev–Trinajstić information content (AvgIpc) is 2.13. The van der Waals surface area contributed by atoms with E-state index in [0.29, 0.717) is 0 Å². The lowest BCUT2D eigenvalue weighted by Gasteiger charge is -2.39. The van der Waals surface area contributed by atoms with Crippen LogP contribution in [-0.2, 0) is 14.3 Å². The van der Waals surface area contributed by atoms with Crippen molar-refractivity contribution in [3.63, 3.8) is 0 Å². The molecule has 1 fully saturated rings. The van der Waals surface area contributed by atoms with E-state index in [1.807, 2.05) is 27.0 Å². The Kier molecular flexibility index (Phi) is 4.69. The van der Waals surface area contributed by atoms with Gasteiger partial charge >= 0.3 is 5.97 Å². The normalized spacial score (nSPS) is 19.1. The number of rotatable bonds is 5. The molecule has 0 aromatic rings. The van der Waals surface area contributed by atoms with Crippen molar-refractivity contribution in [1.82, 2.24) is 0 Å². The van der Waals surface area contributed by atoms with Gasteiger partial charge in [0.2, 0.25) is 0 Å². The third kappa shape index (κ3) is 4.86. The van der Waals surface area contributed by atoms with Crippen molar-refractivity contribution in [1.29, 1.82) is 0 Å². The van der Waals surface area contributed by atoms with E-state index in [1.54, 1.807) is 0 Å². The zero-order valence-corrected chi connectivity index (χ0v) is 11.3. The first-order valence-electron chi connectivity index (χ1n) is 6.15. The van der Waals surface area contributed by atoms with Crippen LogP contribution in [-0.4, -0.2) is 37.5 Å². The molecular weight excluding hydrogens is 218 g/mol. The molecule has 17 heavy (non-hydrogen) atoms. The highest BCUT2D eigenvalue weighted by Gasteiger charge is 2.35. The summed E-state index contributed by atoms with van der Waals surface area (Å²) < 4.78 is 10.4. The molecular formula is C13H23NO3. The van der Waals surface area contributed by atoms with Crippen molar-refractivity contribution in [2.45, 2.75) is 46.1 Å². The van der Waals surface area contributed by atoms with E-state index in [1.165, 1.54) is 0 Å². The van der Waals surface area contributed by atoms with Crippen molar-refractivity contribution in [2.24, 2.45) is 10.4 Å². The molecule has 0 atom stereocenters. The number of ether oxygens (including phenoxy) is 2. The molecule has 0 amide bonds. The Hall–Kier alpha value is -0.900. The molecule has 1 saturated heterocycles. The van der Waals surface area contributed by atoms with Crippen molar-refractivity contribution in [3.05, 3.63) is 0 Å². The Morgan fingerprint density at radius 2 is 2.12 bits per heavy atom. The molecule has 1 aliphatic rings. The number of hydrogen-bond acceptors (Lipinski definition) is 4. The Labute approximate surface area is 103 Å². The molecule has 0 unspecified atom stereocenters. The first-order valence-corrected chi connectivity index (χ1v) is 6.15. The van der Waals surface area contributed by atoms with E-state index < -0.39 is 5.60 Å². The Balaban J connectivity index is 2.24. The smallest absolute Gasteiger partial charge is 0.328 e. The van der Waals surface area contributed by atoms with Gasteiger partial charge in [-0.3, -0.25) is 9.79 Å². The van der Waals surface area contributed by atoms with Gasteiger partial charge in [0.25, 0.3) is 0 Å². The van der Waals surface area contributed by atoms with Crippen LogP contribution >= 0.6 is 0 Å². The van der Waals surface area contributed by atoms with Gasteiger partial charge in [-0.15, -0.1) is 0 Å². The van der Waals surface area contributed by atoms with Crippen LogP contribution in [0, 0.1) is 5.41 Å². The predicted octanol–water partition coefficient (Wildman–Crippen LogP) is 2.22. The molecule has 0 radical (unpaired) electrons. The Morgan fingerprint density at radius 3 is 2.53 bits per heavy atom. The van der Waals surface area contributed by atoms with Gasteiger partial charge in [0, 0.05) is 11.6 Å². The van der Waals surface area contributed by atoms with E-state index in [-0.39, 0.29) is 17.9 Å². The van der Waals surface area contributed by atoms with Crippen LogP contribution in [0.2, 0.25) is 0 Å². The largest absolute Gasteiger partial charge is 0.459 e. The fourth-order valence-electron chi connectivity index (χ4n) is 1.63. The Bertz CT molecular complexity index is 282. The lowest BCUT2D eigenvalue weighted by Crippen LogP contribution is -2.42. The highest BCUT2D eigenvalue weighted by Crippen LogP contribution is 2.33. The minimum atomic E-state index is -0.431. The fraction of sp³-hybridized carbons (Fsp3) is 0.846. The van der Waals surface area contributed by atoms with Gasteiger partial charge in [0.15, 0.2) is 0 Å². The molecule has 0 saturated carbocycles. The van der Waals surface area contributed by atoms with E-state index in [9.17, 15) is 4.79 Å². The first-order chi connectivity index (χ1) is 7.87. The lowest BCUT2D eigenvalue weighted by molar-refractivity contribution is -0.152. The van der Waals surface area contributed by atoms with Gasteiger partial charge in [-0.25, -0.2) is 0 Å². The van der Waals surface area contributed by atoms with Crippen LogP contribution in [0.15, 0.2) is 4.99 Å². The van der Waals surface area contributed by atoms with E-state index in [0.717, 1.165) is 26.1 Å². The van der Waals surface area contributed by atoms with Crippen molar-refractivity contribution < 1.29 is 14.3 Å². The van der Waals surface area contributed by atoms with Crippen LogP contribution in [0.25, 0.3) is 0 Å². The van der Waals surface area contributed by atoms with E-state index in [4.69, 9.17) is 9.47 Å². The molecule has 0 N–H and O–H groups in total. The van der Waals surface area contributed by atoms with Crippen molar-refractivity contribution >= 4 is 12.2 Å². The molecule has 4 nitrogen and oxygen atoms in total. The predicted molar refractivity (Wildman–Crippen MR) is 67.4 cm³/mol. The summed E-state index contributed by atoms with van der Waals surface area (Å²) in [5.74, 6) is -0.274. The number of carbonyl (C=O) groups excluding carboxylic acids is 1. The molecule has 0 spiro atoms. The molecule has 0 bridgehead atoms. The summed E-state index contributed by atoms with van der Waals surface area (Å²) in [5.41, 5.74) is -0.170. The number of carbonyl (C=O) groups is 1. The molecule has 1 heterocycles. The third-order valence-electron chi connectivity index (χ3n) is 2.86. The molecule has 0 aliphatic carbocycles. The molecule has 1 rings (SSSR count). The van der Waals surface area contributed by atoms with E-state index >= 15 is 0 Å². The van der Waals surface area contributed by atoms with Crippen LogP contribution < -0.4 is 0 Å².